The standard InChI is InChI=1S/C18H26FN3O3/c1-2-21-5-10-25-13-17(21)18(23)20-12-14-3-4-16(15(19)11-14)22-6-8-24-9-7-22/h3-4,11,17H,2,5-10,12-13H2,1H3,(H,20,23). The van der Waals surface area contributed by atoms with Crippen LogP contribution in [0.15, 0.2) is 18.2 Å². The molecule has 2 heterocycles. The van der Waals surface area contributed by atoms with Crippen LogP contribution >= 0.6 is 0 Å². The summed E-state index contributed by atoms with van der Waals surface area (Å²) >= 11 is 0. The van der Waals surface area contributed by atoms with Crippen LogP contribution in [0, 0.1) is 5.82 Å². The first kappa shape index (κ1) is 18.1. The van der Waals surface area contributed by atoms with Crippen molar-refractivity contribution in [3.8, 4) is 0 Å². The third-order valence-electron chi connectivity index (χ3n) is 4.78. The summed E-state index contributed by atoms with van der Waals surface area (Å²) in [5, 5.41) is 2.90. The Morgan fingerprint density at radius 3 is 2.72 bits per heavy atom. The van der Waals surface area contributed by atoms with Gasteiger partial charge in [-0.15, -0.1) is 0 Å². The zero-order valence-corrected chi connectivity index (χ0v) is 14.7. The maximum atomic E-state index is 14.4. The Kier molecular flexibility index (Phi) is 6.23. The average molecular weight is 351 g/mol. The first-order valence-corrected chi connectivity index (χ1v) is 8.89. The normalized spacial score (nSPS) is 22.0. The molecule has 1 aromatic carbocycles. The summed E-state index contributed by atoms with van der Waals surface area (Å²) in [6, 6.07) is 4.88. The molecule has 1 unspecified atom stereocenters. The van der Waals surface area contributed by atoms with E-state index in [1.165, 1.54) is 6.07 Å². The molecule has 6 nitrogen and oxygen atoms in total. The maximum Gasteiger partial charge on any atom is 0.240 e. The molecule has 7 heteroatoms. The lowest BCUT2D eigenvalue weighted by molar-refractivity contribution is -0.132. The summed E-state index contributed by atoms with van der Waals surface area (Å²) in [6.45, 7) is 7.61. The second-order valence-electron chi connectivity index (χ2n) is 6.32. The largest absolute Gasteiger partial charge is 0.378 e. The molecule has 2 fully saturated rings. The quantitative estimate of drug-likeness (QED) is 0.858. The number of halogens is 1. The van der Waals surface area contributed by atoms with Gasteiger partial charge in [-0.05, 0) is 24.2 Å². The van der Waals surface area contributed by atoms with E-state index in [0.717, 1.165) is 18.7 Å². The van der Waals surface area contributed by atoms with Crippen molar-refractivity contribution >= 4 is 11.6 Å². The highest BCUT2D eigenvalue weighted by molar-refractivity contribution is 5.82. The van der Waals surface area contributed by atoms with E-state index in [0.29, 0.717) is 51.7 Å². The molecule has 0 aliphatic carbocycles. The van der Waals surface area contributed by atoms with Gasteiger partial charge in [0, 0.05) is 26.2 Å². The van der Waals surface area contributed by atoms with E-state index in [1.807, 2.05) is 17.9 Å². The molecule has 0 aromatic heterocycles. The van der Waals surface area contributed by atoms with E-state index in [2.05, 4.69) is 10.2 Å². The predicted octanol–water partition coefficient (Wildman–Crippen LogP) is 0.999. The fourth-order valence-corrected chi connectivity index (χ4v) is 3.29. The van der Waals surface area contributed by atoms with Gasteiger partial charge in [-0.1, -0.05) is 13.0 Å². The van der Waals surface area contributed by atoms with Crippen molar-refractivity contribution in [1.29, 1.82) is 0 Å². The molecule has 1 atom stereocenters. The second kappa shape index (κ2) is 8.60. The number of rotatable bonds is 5. The van der Waals surface area contributed by atoms with Gasteiger partial charge in [-0.3, -0.25) is 9.69 Å². The van der Waals surface area contributed by atoms with Gasteiger partial charge in [0.15, 0.2) is 0 Å². The van der Waals surface area contributed by atoms with Crippen molar-refractivity contribution in [3.63, 3.8) is 0 Å². The van der Waals surface area contributed by atoms with E-state index >= 15 is 0 Å². The van der Waals surface area contributed by atoms with E-state index in [-0.39, 0.29) is 17.8 Å². The number of morpholine rings is 2. The predicted molar refractivity (Wildman–Crippen MR) is 93.1 cm³/mol. The third kappa shape index (κ3) is 4.48. The lowest BCUT2D eigenvalue weighted by Gasteiger charge is -2.33. The molecular formula is C18H26FN3O3. The molecule has 25 heavy (non-hydrogen) atoms. The van der Waals surface area contributed by atoms with Crippen LogP contribution in [0.25, 0.3) is 0 Å². The van der Waals surface area contributed by atoms with Crippen LogP contribution in [0.2, 0.25) is 0 Å². The monoisotopic (exact) mass is 351 g/mol. The topological polar surface area (TPSA) is 54.0 Å². The Morgan fingerprint density at radius 1 is 1.24 bits per heavy atom. The van der Waals surface area contributed by atoms with Crippen molar-refractivity contribution in [2.24, 2.45) is 0 Å². The average Bonchev–Trinajstić information content (AvgIpc) is 2.66. The van der Waals surface area contributed by atoms with E-state index in [1.54, 1.807) is 6.07 Å². The van der Waals surface area contributed by atoms with Crippen LogP contribution < -0.4 is 10.2 Å². The number of nitrogens with zero attached hydrogens (tertiary/aromatic N) is 2. The van der Waals surface area contributed by atoms with Crippen molar-refractivity contribution in [2.45, 2.75) is 19.5 Å². The number of nitrogens with one attached hydrogen (secondary N) is 1. The van der Waals surface area contributed by atoms with Gasteiger partial charge in [-0.25, -0.2) is 4.39 Å². The van der Waals surface area contributed by atoms with Crippen LogP contribution in [-0.2, 0) is 20.8 Å². The Bertz CT molecular complexity index is 593. The molecule has 1 aromatic rings. The number of carbonyl (C=O) groups excluding carboxylic acids is 1. The Hall–Kier alpha value is -1.70. The molecule has 138 valence electrons. The fourth-order valence-electron chi connectivity index (χ4n) is 3.29. The maximum absolute atomic E-state index is 14.4. The molecule has 1 N–H and O–H groups in total. The van der Waals surface area contributed by atoms with Crippen LogP contribution in [0.1, 0.15) is 12.5 Å². The third-order valence-corrected chi connectivity index (χ3v) is 4.78. The van der Waals surface area contributed by atoms with Gasteiger partial charge in [0.1, 0.15) is 11.9 Å². The number of benzene rings is 1. The van der Waals surface area contributed by atoms with Gasteiger partial charge in [0.2, 0.25) is 5.91 Å². The molecule has 0 saturated carbocycles. The number of anilines is 1. The number of ether oxygens (including phenoxy) is 2. The number of hydrogen-bond donors (Lipinski definition) is 1. The van der Waals surface area contributed by atoms with Crippen LogP contribution in [0.3, 0.4) is 0 Å². The Labute approximate surface area is 147 Å². The molecule has 2 aliphatic heterocycles. The molecule has 2 saturated heterocycles. The molecule has 0 radical (unpaired) electrons. The van der Waals surface area contributed by atoms with E-state index < -0.39 is 0 Å². The SMILES string of the molecule is CCN1CCOCC1C(=O)NCc1ccc(N2CCOCC2)c(F)c1. The van der Waals surface area contributed by atoms with E-state index in [4.69, 9.17) is 9.47 Å². The highest BCUT2D eigenvalue weighted by Gasteiger charge is 2.28. The van der Waals surface area contributed by atoms with Crippen LogP contribution in [0.5, 0.6) is 0 Å². The molecule has 3 rings (SSSR count). The molecule has 1 amide bonds. The van der Waals surface area contributed by atoms with Crippen LogP contribution in [-0.4, -0.2) is 69.5 Å². The van der Waals surface area contributed by atoms with Gasteiger partial charge in [-0.2, -0.15) is 0 Å². The van der Waals surface area contributed by atoms with Crippen molar-refractivity contribution in [2.75, 3.05) is 57.5 Å². The summed E-state index contributed by atoms with van der Waals surface area (Å²) < 4.78 is 25.1. The summed E-state index contributed by atoms with van der Waals surface area (Å²) in [4.78, 5) is 16.5. The van der Waals surface area contributed by atoms with Crippen LogP contribution in [0.4, 0.5) is 10.1 Å². The summed E-state index contributed by atoms with van der Waals surface area (Å²) in [7, 11) is 0. The summed E-state index contributed by atoms with van der Waals surface area (Å²) in [5.41, 5.74) is 1.35. The highest BCUT2D eigenvalue weighted by atomic mass is 19.1. The Morgan fingerprint density at radius 2 is 2.00 bits per heavy atom. The van der Waals surface area contributed by atoms with Gasteiger partial charge in [0.05, 0.1) is 32.1 Å². The molecular weight excluding hydrogens is 325 g/mol. The number of carbonyl (C=O) groups is 1. The Balaban J connectivity index is 1.57. The zero-order chi connectivity index (χ0) is 17.6. The van der Waals surface area contributed by atoms with Crippen molar-refractivity contribution in [3.05, 3.63) is 29.6 Å². The van der Waals surface area contributed by atoms with Crippen molar-refractivity contribution in [1.82, 2.24) is 10.2 Å². The second-order valence-corrected chi connectivity index (χ2v) is 6.32. The smallest absolute Gasteiger partial charge is 0.240 e. The van der Waals surface area contributed by atoms with Gasteiger partial charge < -0.3 is 19.7 Å². The number of hydrogen-bond acceptors (Lipinski definition) is 5. The van der Waals surface area contributed by atoms with Gasteiger partial charge >= 0.3 is 0 Å². The summed E-state index contributed by atoms with van der Waals surface area (Å²) in [5.74, 6) is -0.330. The summed E-state index contributed by atoms with van der Waals surface area (Å²) in [6.07, 6.45) is 0. The minimum Gasteiger partial charge on any atom is -0.378 e. The minimum absolute atomic E-state index is 0.0702. The molecule has 0 spiro atoms. The number of amides is 1. The lowest BCUT2D eigenvalue weighted by atomic mass is 10.1. The lowest BCUT2D eigenvalue weighted by Crippen LogP contribution is -2.53. The van der Waals surface area contributed by atoms with Crippen molar-refractivity contribution < 1.29 is 18.7 Å². The van der Waals surface area contributed by atoms with E-state index in [9.17, 15) is 9.18 Å². The van der Waals surface area contributed by atoms with Gasteiger partial charge in [0.25, 0.3) is 0 Å². The number of likely N-dealkylation sites (N-methyl/N-ethyl adjacent to an activating group) is 1. The molecule has 2 aliphatic rings. The highest BCUT2D eigenvalue weighted by Crippen LogP contribution is 2.21. The fraction of sp³-hybridized carbons (Fsp3) is 0.611. The molecule has 0 bridgehead atoms. The minimum atomic E-state index is -0.267. The first-order valence-electron chi connectivity index (χ1n) is 8.89. The first-order chi connectivity index (χ1) is 12.2. The zero-order valence-electron chi connectivity index (χ0n) is 14.7.